The number of primary amides is 2. The molecule has 2 bridgehead atoms. The second kappa shape index (κ2) is 3.51. The van der Waals surface area contributed by atoms with E-state index in [1.807, 2.05) is 0 Å². The molecular formula is C11H20N2O2. The van der Waals surface area contributed by atoms with Gasteiger partial charge in [0.15, 0.2) is 0 Å². The lowest BCUT2D eigenvalue weighted by molar-refractivity contribution is -0.128. The first-order valence-electron chi connectivity index (χ1n) is 5.30. The Morgan fingerprint density at radius 3 is 1.93 bits per heavy atom. The van der Waals surface area contributed by atoms with Crippen LogP contribution in [0.15, 0.2) is 0 Å². The summed E-state index contributed by atoms with van der Waals surface area (Å²) in [5.74, 6) is 1.19. The van der Waals surface area contributed by atoms with Crippen LogP contribution in [0.4, 0.5) is 4.79 Å². The number of nitrogens with two attached hydrogens (primary N) is 2. The second-order valence-corrected chi connectivity index (χ2v) is 5.32. The van der Waals surface area contributed by atoms with E-state index in [1.165, 1.54) is 6.42 Å². The van der Waals surface area contributed by atoms with Gasteiger partial charge in [0, 0.05) is 11.8 Å². The van der Waals surface area contributed by atoms with Gasteiger partial charge < -0.3 is 11.5 Å². The number of carbonyl (C=O) groups excluding carboxylic acids is 2. The molecule has 2 atom stereocenters. The Morgan fingerprint density at radius 2 is 1.80 bits per heavy atom. The number of rotatable bonds is 0. The fourth-order valence-corrected chi connectivity index (χ4v) is 2.90. The van der Waals surface area contributed by atoms with E-state index in [-0.39, 0.29) is 10.8 Å². The van der Waals surface area contributed by atoms with Gasteiger partial charge in [0.05, 0.1) is 0 Å². The van der Waals surface area contributed by atoms with Gasteiger partial charge in [-0.05, 0) is 24.2 Å². The number of ketones is 1. The van der Waals surface area contributed by atoms with Gasteiger partial charge in [-0.15, -0.1) is 0 Å². The molecule has 0 heterocycles. The van der Waals surface area contributed by atoms with Crippen molar-refractivity contribution in [3.8, 4) is 0 Å². The summed E-state index contributed by atoms with van der Waals surface area (Å²) in [6.45, 7) is 6.67. The molecule has 4 heteroatoms. The summed E-state index contributed by atoms with van der Waals surface area (Å²) in [7, 11) is 0. The molecule has 4 N–H and O–H groups in total. The molecule has 2 fully saturated rings. The molecule has 0 saturated heterocycles. The highest BCUT2D eigenvalue weighted by Gasteiger charge is 2.61. The third-order valence-corrected chi connectivity index (χ3v) is 4.48. The first-order valence-corrected chi connectivity index (χ1v) is 5.30. The van der Waals surface area contributed by atoms with Gasteiger partial charge in [0.25, 0.3) is 0 Å². The average Bonchev–Trinajstić information content (AvgIpc) is 2.36. The highest BCUT2D eigenvalue weighted by atomic mass is 16.2. The maximum Gasteiger partial charge on any atom is 0.309 e. The number of hydrogen-bond donors (Lipinski definition) is 2. The van der Waals surface area contributed by atoms with Gasteiger partial charge in [-0.2, -0.15) is 0 Å². The molecule has 4 nitrogen and oxygen atoms in total. The lowest BCUT2D eigenvalue weighted by Gasteiger charge is -2.32. The van der Waals surface area contributed by atoms with Crippen LogP contribution in [0.3, 0.4) is 0 Å². The zero-order valence-corrected chi connectivity index (χ0v) is 9.67. The van der Waals surface area contributed by atoms with Crippen LogP contribution in [0.25, 0.3) is 0 Å². The molecule has 2 amide bonds. The minimum Gasteiger partial charge on any atom is -0.352 e. The third kappa shape index (κ3) is 1.73. The second-order valence-electron chi connectivity index (χ2n) is 5.32. The Kier molecular flexibility index (Phi) is 2.81. The maximum atomic E-state index is 11.6. The molecule has 2 aliphatic rings. The van der Waals surface area contributed by atoms with Crippen molar-refractivity contribution in [2.75, 3.05) is 0 Å². The summed E-state index contributed by atoms with van der Waals surface area (Å²) in [6.07, 6.45) is 3.25. The molecule has 15 heavy (non-hydrogen) atoms. The Labute approximate surface area is 90.4 Å². The van der Waals surface area contributed by atoms with Crippen molar-refractivity contribution in [3.05, 3.63) is 0 Å². The van der Waals surface area contributed by atoms with Crippen LogP contribution in [0.1, 0.15) is 40.0 Å². The lowest BCUT2D eigenvalue weighted by atomic mass is 9.70. The molecule has 0 aromatic carbocycles. The quantitative estimate of drug-likeness (QED) is 0.636. The van der Waals surface area contributed by atoms with Crippen molar-refractivity contribution in [1.82, 2.24) is 0 Å². The van der Waals surface area contributed by atoms with E-state index in [0.29, 0.717) is 11.7 Å². The van der Waals surface area contributed by atoms with Crippen LogP contribution in [-0.2, 0) is 4.79 Å². The molecule has 86 valence electrons. The Hall–Kier alpha value is -1.06. The molecule has 2 aliphatic carbocycles. The van der Waals surface area contributed by atoms with Crippen molar-refractivity contribution >= 4 is 11.8 Å². The summed E-state index contributed by atoms with van der Waals surface area (Å²) in [5, 5.41) is 0. The summed E-state index contributed by atoms with van der Waals surface area (Å²) in [5.41, 5.74) is 8.81. The van der Waals surface area contributed by atoms with Crippen LogP contribution in [0, 0.1) is 16.7 Å². The van der Waals surface area contributed by atoms with Crippen molar-refractivity contribution in [1.29, 1.82) is 0 Å². The number of hydrogen-bond acceptors (Lipinski definition) is 2. The standard InChI is InChI=1S/C10H16O.CH4N2O/c1-9(2)7-4-5-10(9,3)8(11)6-7;2-1(3)4/h7H,4-6H2,1-3H3;(H4,2,3,4). The van der Waals surface area contributed by atoms with Crippen molar-refractivity contribution in [2.45, 2.75) is 40.0 Å². The number of urea groups is 1. The van der Waals surface area contributed by atoms with E-state index in [2.05, 4.69) is 32.2 Å². The van der Waals surface area contributed by atoms with Gasteiger partial charge >= 0.3 is 6.03 Å². The SMILES string of the molecule is CC12CCC(CC1=O)C2(C)C.NC(N)=O. The van der Waals surface area contributed by atoms with Crippen molar-refractivity contribution in [2.24, 2.45) is 28.2 Å². The molecule has 0 radical (unpaired) electrons. The van der Waals surface area contributed by atoms with E-state index in [9.17, 15) is 4.79 Å². The number of carbonyl (C=O) groups is 2. The summed E-state index contributed by atoms with van der Waals surface area (Å²) < 4.78 is 0. The fraction of sp³-hybridized carbons (Fsp3) is 0.818. The normalized spacial score (nSPS) is 35.9. The predicted molar refractivity (Wildman–Crippen MR) is 58.0 cm³/mol. The Bertz CT molecular complexity index is 295. The minimum atomic E-state index is -0.833. The maximum absolute atomic E-state index is 11.6. The monoisotopic (exact) mass is 212 g/mol. The smallest absolute Gasteiger partial charge is 0.309 e. The van der Waals surface area contributed by atoms with Gasteiger partial charge in [-0.3, -0.25) is 4.79 Å². The lowest BCUT2D eigenvalue weighted by Crippen LogP contribution is -2.32. The molecule has 2 unspecified atom stereocenters. The van der Waals surface area contributed by atoms with Crippen LogP contribution >= 0.6 is 0 Å². The number of fused-ring (bicyclic) bond motifs is 2. The summed E-state index contributed by atoms with van der Waals surface area (Å²) >= 11 is 0. The zero-order chi connectivity index (χ0) is 11.9. The number of Topliss-reactive ketones (excluding diaryl/α,β-unsaturated/α-hetero) is 1. The van der Waals surface area contributed by atoms with Gasteiger partial charge in [0.1, 0.15) is 5.78 Å². The minimum absolute atomic E-state index is 0.0255. The fourth-order valence-electron chi connectivity index (χ4n) is 2.90. The first-order chi connectivity index (χ1) is 6.72. The topological polar surface area (TPSA) is 86.2 Å². The highest BCUT2D eigenvalue weighted by molar-refractivity contribution is 5.89. The van der Waals surface area contributed by atoms with Gasteiger partial charge in [0.2, 0.25) is 0 Å². The summed E-state index contributed by atoms with van der Waals surface area (Å²) in [4.78, 5) is 20.6. The van der Waals surface area contributed by atoms with E-state index >= 15 is 0 Å². The first kappa shape index (κ1) is 12.0. The molecule has 0 aromatic heterocycles. The van der Waals surface area contributed by atoms with Gasteiger partial charge in [-0.1, -0.05) is 20.8 Å². The predicted octanol–water partition coefficient (Wildman–Crippen LogP) is 1.43. The van der Waals surface area contributed by atoms with Crippen LogP contribution in [-0.4, -0.2) is 11.8 Å². The average molecular weight is 212 g/mol. The number of amides is 2. The van der Waals surface area contributed by atoms with Gasteiger partial charge in [-0.25, -0.2) is 4.79 Å². The van der Waals surface area contributed by atoms with E-state index in [1.54, 1.807) is 0 Å². The van der Waals surface area contributed by atoms with Crippen LogP contribution in [0.2, 0.25) is 0 Å². The van der Waals surface area contributed by atoms with Crippen LogP contribution < -0.4 is 11.5 Å². The highest BCUT2D eigenvalue weighted by Crippen LogP contribution is 2.63. The molecule has 0 aliphatic heterocycles. The van der Waals surface area contributed by atoms with E-state index in [0.717, 1.165) is 12.8 Å². The zero-order valence-electron chi connectivity index (χ0n) is 9.67. The molecular weight excluding hydrogens is 192 g/mol. The largest absolute Gasteiger partial charge is 0.352 e. The van der Waals surface area contributed by atoms with Crippen LogP contribution in [0.5, 0.6) is 0 Å². The van der Waals surface area contributed by atoms with Crippen molar-refractivity contribution < 1.29 is 9.59 Å². The molecule has 2 saturated carbocycles. The Morgan fingerprint density at radius 1 is 1.33 bits per heavy atom. The molecule has 2 rings (SSSR count). The van der Waals surface area contributed by atoms with E-state index in [4.69, 9.17) is 4.79 Å². The van der Waals surface area contributed by atoms with E-state index < -0.39 is 6.03 Å². The molecule has 0 spiro atoms. The molecule has 0 aromatic rings. The van der Waals surface area contributed by atoms with Crippen molar-refractivity contribution in [3.63, 3.8) is 0 Å². The third-order valence-electron chi connectivity index (χ3n) is 4.48. The summed E-state index contributed by atoms with van der Waals surface area (Å²) in [6, 6.07) is -0.833. The Balaban J connectivity index is 0.000000245.